The van der Waals surface area contributed by atoms with Gasteiger partial charge in [0.05, 0.1) is 0 Å². The summed E-state index contributed by atoms with van der Waals surface area (Å²) in [6.07, 6.45) is 1.78. The quantitative estimate of drug-likeness (QED) is 0.944. The third-order valence-corrected chi connectivity index (χ3v) is 4.68. The number of nitrogens with one attached hydrogen (secondary N) is 1. The standard InChI is InChI=1S/C17H20ClN3O/c1-13(14-5-2-3-6-15(14)18)20-9-11-21(12-10-20)17(22)16-7-4-8-19-16/h2-8,13,19H,9-12H2,1H3. The Morgan fingerprint density at radius 3 is 2.50 bits per heavy atom. The van der Waals surface area contributed by atoms with Crippen LogP contribution < -0.4 is 0 Å². The molecule has 2 aromatic rings. The van der Waals surface area contributed by atoms with Crippen molar-refractivity contribution in [3.8, 4) is 0 Å². The van der Waals surface area contributed by atoms with E-state index in [4.69, 9.17) is 11.6 Å². The number of hydrogen-bond donors (Lipinski definition) is 1. The minimum absolute atomic E-state index is 0.0787. The van der Waals surface area contributed by atoms with Gasteiger partial charge in [0.2, 0.25) is 0 Å². The number of carbonyl (C=O) groups is 1. The minimum Gasteiger partial charge on any atom is -0.357 e. The lowest BCUT2D eigenvalue weighted by Crippen LogP contribution is -2.49. The largest absolute Gasteiger partial charge is 0.357 e. The average molecular weight is 318 g/mol. The van der Waals surface area contributed by atoms with Crippen molar-refractivity contribution >= 4 is 17.5 Å². The number of hydrogen-bond acceptors (Lipinski definition) is 2. The molecule has 1 unspecified atom stereocenters. The van der Waals surface area contributed by atoms with Gasteiger partial charge in [0, 0.05) is 43.4 Å². The van der Waals surface area contributed by atoms with Crippen LogP contribution in [0, 0.1) is 0 Å². The predicted octanol–water partition coefficient (Wildman–Crippen LogP) is 3.19. The fraction of sp³-hybridized carbons (Fsp3) is 0.353. The van der Waals surface area contributed by atoms with Gasteiger partial charge in [0.1, 0.15) is 5.69 Å². The Labute approximate surface area is 135 Å². The number of halogens is 1. The number of benzene rings is 1. The number of amides is 1. The molecule has 2 heterocycles. The van der Waals surface area contributed by atoms with E-state index in [-0.39, 0.29) is 11.9 Å². The van der Waals surface area contributed by atoms with Gasteiger partial charge in [0.15, 0.2) is 0 Å². The maximum Gasteiger partial charge on any atom is 0.270 e. The number of aromatic nitrogens is 1. The third kappa shape index (κ3) is 3.03. The normalized spacial score (nSPS) is 17.5. The van der Waals surface area contributed by atoms with Crippen LogP contribution in [0.1, 0.15) is 29.0 Å². The Balaban J connectivity index is 1.62. The van der Waals surface area contributed by atoms with Crippen LogP contribution in [-0.4, -0.2) is 46.9 Å². The highest BCUT2D eigenvalue weighted by Crippen LogP contribution is 2.27. The van der Waals surface area contributed by atoms with Crippen LogP contribution in [0.25, 0.3) is 0 Å². The van der Waals surface area contributed by atoms with E-state index in [1.54, 1.807) is 6.20 Å². The van der Waals surface area contributed by atoms with Gasteiger partial charge in [-0.05, 0) is 30.7 Å². The molecule has 1 aromatic carbocycles. The summed E-state index contributed by atoms with van der Waals surface area (Å²) in [5.74, 6) is 0.0787. The number of piperazine rings is 1. The molecule has 1 aromatic heterocycles. The van der Waals surface area contributed by atoms with Gasteiger partial charge < -0.3 is 9.88 Å². The van der Waals surface area contributed by atoms with Crippen molar-refractivity contribution in [1.29, 1.82) is 0 Å². The predicted molar refractivity (Wildman–Crippen MR) is 88.1 cm³/mol. The van der Waals surface area contributed by atoms with E-state index in [1.165, 1.54) is 0 Å². The molecule has 116 valence electrons. The summed E-state index contributed by atoms with van der Waals surface area (Å²) in [5.41, 5.74) is 1.81. The summed E-state index contributed by atoms with van der Waals surface area (Å²) in [5, 5.41) is 0.805. The van der Waals surface area contributed by atoms with E-state index in [1.807, 2.05) is 35.2 Å². The molecule has 0 radical (unpaired) electrons. The van der Waals surface area contributed by atoms with Crippen molar-refractivity contribution in [2.45, 2.75) is 13.0 Å². The molecular weight excluding hydrogens is 298 g/mol. The van der Waals surface area contributed by atoms with Crippen LogP contribution in [0.15, 0.2) is 42.6 Å². The second kappa shape index (κ2) is 6.55. The van der Waals surface area contributed by atoms with Crippen LogP contribution in [0.3, 0.4) is 0 Å². The third-order valence-electron chi connectivity index (χ3n) is 4.33. The topological polar surface area (TPSA) is 39.3 Å². The van der Waals surface area contributed by atoms with Crippen molar-refractivity contribution in [1.82, 2.24) is 14.8 Å². The molecule has 1 aliphatic rings. The zero-order valence-electron chi connectivity index (χ0n) is 12.6. The van der Waals surface area contributed by atoms with E-state index < -0.39 is 0 Å². The first-order valence-corrected chi connectivity index (χ1v) is 7.96. The highest BCUT2D eigenvalue weighted by molar-refractivity contribution is 6.31. The van der Waals surface area contributed by atoms with Gasteiger partial charge >= 0.3 is 0 Å². The maximum absolute atomic E-state index is 12.3. The van der Waals surface area contributed by atoms with E-state index in [2.05, 4.69) is 22.9 Å². The Morgan fingerprint density at radius 2 is 1.86 bits per heavy atom. The number of nitrogens with zero attached hydrogens (tertiary/aromatic N) is 2. The molecule has 0 spiro atoms. The van der Waals surface area contributed by atoms with Crippen LogP contribution in [-0.2, 0) is 0 Å². The van der Waals surface area contributed by atoms with Crippen LogP contribution in [0.5, 0.6) is 0 Å². The van der Waals surface area contributed by atoms with Crippen LogP contribution in [0.4, 0.5) is 0 Å². The Hall–Kier alpha value is -1.78. The summed E-state index contributed by atoms with van der Waals surface area (Å²) in [4.78, 5) is 19.6. The molecular formula is C17H20ClN3O. The monoisotopic (exact) mass is 317 g/mol. The molecule has 1 fully saturated rings. The molecule has 0 bridgehead atoms. The van der Waals surface area contributed by atoms with Gasteiger partial charge in [-0.2, -0.15) is 0 Å². The lowest BCUT2D eigenvalue weighted by atomic mass is 10.1. The highest BCUT2D eigenvalue weighted by atomic mass is 35.5. The number of carbonyl (C=O) groups excluding carboxylic acids is 1. The summed E-state index contributed by atoms with van der Waals surface area (Å²) < 4.78 is 0. The minimum atomic E-state index is 0.0787. The smallest absolute Gasteiger partial charge is 0.270 e. The lowest BCUT2D eigenvalue weighted by Gasteiger charge is -2.38. The molecule has 4 nitrogen and oxygen atoms in total. The summed E-state index contributed by atoms with van der Waals surface area (Å²) >= 11 is 6.29. The van der Waals surface area contributed by atoms with Crippen LogP contribution >= 0.6 is 11.6 Å². The van der Waals surface area contributed by atoms with Crippen molar-refractivity contribution < 1.29 is 4.79 Å². The Morgan fingerprint density at radius 1 is 1.14 bits per heavy atom. The fourth-order valence-electron chi connectivity index (χ4n) is 2.96. The van der Waals surface area contributed by atoms with E-state index >= 15 is 0 Å². The SMILES string of the molecule is CC(c1ccccc1Cl)N1CCN(C(=O)c2ccc[nH]2)CC1. The Bertz CT molecular complexity index is 633. The van der Waals surface area contributed by atoms with Crippen molar-refractivity contribution in [3.05, 3.63) is 58.9 Å². The van der Waals surface area contributed by atoms with Gasteiger partial charge in [-0.15, -0.1) is 0 Å². The molecule has 1 N–H and O–H groups in total. The summed E-state index contributed by atoms with van der Waals surface area (Å²) in [6, 6.07) is 11.9. The lowest BCUT2D eigenvalue weighted by molar-refractivity contribution is 0.0577. The molecule has 0 aliphatic carbocycles. The molecule has 0 saturated carbocycles. The molecule has 5 heteroatoms. The summed E-state index contributed by atoms with van der Waals surface area (Å²) in [7, 11) is 0. The maximum atomic E-state index is 12.3. The zero-order valence-corrected chi connectivity index (χ0v) is 13.4. The second-order valence-corrected chi connectivity index (χ2v) is 6.02. The van der Waals surface area contributed by atoms with Gasteiger partial charge in [-0.1, -0.05) is 29.8 Å². The molecule has 3 rings (SSSR count). The van der Waals surface area contributed by atoms with Gasteiger partial charge in [0.25, 0.3) is 5.91 Å². The van der Waals surface area contributed by atoms with E-state index in [0.717, 1.165) is 36.8 Å². The number of rotatable bonds is 3. The molecule has 22 heavy (non-hydrogen) atoms. The van der Waals surface area contributed by atoms with Crippen LogP contribution in [0.2, 0.25) is 5.02 Å². The molecule has 1 amide bonds. The first-order chi connectivity index (χ1) is 10.7. The van der Waals surface area contributed by atoms with Gasteiger partial charge in [-0.3, -0.25) is 9.69 Å². The van der Waals surface area contributed by atoms with Crippen molar-refractivity contribution in [2.24, 2.45) is 0 Å². The first-order valence-electron chi connectivity index (χ1n) is 7.58. The molecule has 1 saturated heterocycles. The Kier molecular flexibility index (Phi) is 4.50. The van der Waals surface area contributed by atoms with E-state index in [9.17, 15) is 4.79 Å². The van der Waals surface area contributed by atoms with Crippen molar-refractivity contribution in [3.63, 3.8) is 0 Å². The van der Waals surface area contributed by atoms with E-state index in [0.29, 0.717) is 5.69 Å². The molecule has 1 aliphatic heterocycles. The molecule has 1 atom stereocenters. The number of aromatic amines is 1. The zero-order chi connectivity index (χ0) is 15.5. The summed E-state index contributed by atoms with van der Waals surface area (Å²) in [6.45, 7) is 5.38. The number of H-pyrrole nitrogens is 1. The highest BCUT2D eigenvalue weighted by Gasteiger charge is 2.26. The van der Waals surface area contributed by atoms with Gasteiger partial charge in [-0.25, -0.2) is 0 Å². The first kappa shape index (κ1) is 15.1. The average Bonchev–Trinajstić information content (AvgIpc) is 3.09. The fourth-order valence-corrected chi connectivity index (χ4v) is 3.25. The van der Waals surface area contributed by atoms with Crippen molar-refractivity contribution in [2.75, 3.05) is 26.2 Å². The second-order valence-electron chi connectivity index (χ2n) is 5.61.